The van der Waals surface area contributed by atoms with E-state index in [1.54, 1.807) is 18.4 Å². The van der Waals surface area contributed by atoms with Crippen molar-refractivity contribution in [3.05, 3.63) is 83.0 Å². The number of allylic oxidation sites excluding steroid dienone is 1. The van der Waals surface area contributed by atoms with Crippen LogP contribution < -0.4 is 14.2 Å². The van der Waals surface area contributed by atoms with Gasteiger partial charge in [0.25, 0.3) is 0 Å². The van der Waals surface area contributed by atoms with Gasteiger partial charge in [-0.1, -0.05) is 12.1 Å². The van der Waals surface area contributed by atoms with Crippen LogP contribution >= 0.6 is 0 Å². The fourth-order valence-electron chi connectivity index (χ4n) is 3.71. The van der Waals surface area contributed by atoms with E-state index in [-0.39, 0.29) is 5.78 Å². The molecule has 0 spiro atoms. The van der Waals surface area contributed by atoms with Gasteiger partial charge >= 0.3 is 0 Å². The number of nitrogens with zero attached hydrogens (tertiary/aromatic N) is 1. The molecule has 0 unspecified atom stereocenters. The van der Waals surface area contributed by atoms with Gasteiger partial charge in [-0.25, -0.2) is 0 Å². The molecule has 1 aromatic heterocycles. The summed E-state index contributed by atoms with van der Waals surface area (Å²) in [5.74, 6) is 3.18. The molecule has 2 aliphatic rings. The molecule has 3 aromatic rings. The lowest BCUT2D eigenvalue weighted by atomic mass is 10.0. The van der Waals surface area contributed by atoms with E-state index in [0.29, 0.717) is 43.5 Å². The average molecular weight is 403 g/mol. The van der Waals surface area contributed by atoms with Crippen LogP contribution in [0.1, 0.15) is 34.2 Å². The molecule has 0 fully saturated rings. The Morgan fingerprint density at radius 2 is 2.00 bits per heavy atom. The van der Waals surface area contributed by atoms with Crippen molar-refractivity contribution in [2.75, 3.05) is 13.3 Å². The fraction of sp³-hybridized carbons (Fsp3) is 0.208. The SMILES string of the molecule is CCOc1ccc(/C=C2\Oc3c(ccc4c3CN(Cc3ccco3)CO4)C2=O)cc1. The minimum Gasteiger partial charge on any atom is -0.494 e. The summed E-state index contributed by atoms with van der Waals surface area (Å²) in [5, 5.41) is 0. The molecule has 2 aliphatic heterocycles. The van der Waals surface area contributed by atoms with E-state index < -0.39 is 0 Å². The highest BCUT2D eigenvalue weighted by Gasteiger charge is 2.33. The molecule has 0 bridgehead atoms. The number of ketones is 1. The molecular weight excluding hydrogens is 382 g/mol. The lowest BCUT2D eigenvalue weighted by molar-refractivity contribution is 0.0810. The van der Waals surface area contributed by atoms with E-state index in [1.807, 2.05) is 49.4 Å². The van der Waals surface area contributed by atoms with Gasteiger partial charge in [0.05, 0.1) is 30.5 Å². The number of benzene rings is 2. The maximum absolute atomic E-state index is 12.9. The molecule has 6 heteroatoms. The molecular formula is C24H21NO5. The summed E-state index contributed by atoms with van der Waals surface area (Å²) in [4.78, 5) is 15.0. The minimum absolute atomic E-state index is 0.121. The summed E-state index contributed by atoms with van der Waals surface area (Å²) in [6.45, 7) is 4.25. The monoisotopic (exact) mass is 403 g/mol. The summed E-state index contributed by atoms with van der Waals surface area (Å²) < 4.78 is 22.8. The van der Waals surface area contributed by atoms with Crippen LogP contribution in [0.4, 0.5) is 0 Å². The number of ether oxygens (including phenoxy) is 3. The molecule has 0 saturated heterocycles. The maximum atomic E-state index is 12.9. The van der Waals surface area contributed by atoms with Crippen molar-refractivity contribution in [1.82, 2.24) is 4.90 Å². The van der Waals surface area contributed by atoms with E-state index in [2.05, 4.69) is 4.90 Å². The molecule has 5 rings (SSSR count). The third kappa shape index (κ3) is 3.46. The third-order valence-electron chi connectivity index (χ3n) is 5.13. The number of hydrogen-bond acceptors (Lipinski definition) is 6. The second-order valence-electron chi connectivity index (χ2n) is 7.20. The van der Waals surface area contributed by atoms with Crippen molar-refractivity contribution in [2.45, 2.75) is 20.0 Å². The first kappa shape index (κ1) is 18.5. The molecule has 0 atom stereocenters. The number of rotatable bonds is 5. The molecule has 3 heterocycles. The van der Waals surface area contributed by atoms with E-state index in [9.17, 15) is 4.79 Å². The Kier molecular flexibility index (Phi) is 4.77. The Hall–Kier alpha value is -3.51. The fourth-order valence-corrected chi connectivity index (χ4v) is 3.71. The Morgan fingerprint density at radius 3 is 2.77 bits per heavy atom. The molecule has 30 heavy (non-hydrogen) atoms. The predicted molar refractivity (Wildman–Crippen MR) is 110 cm³/mol. The highest BCUT2D eigenvalue weighted by atomic mass is 16.5. The van der Waals surface area contributed by atoms with Crippen LogP contribution in [0.5, 0.6) is 17.2 Å². The molecule has 152 valence electrons. The van der Waals surface area contributed by atoms with E-state index in [4.69, 9.17) is 18.6 Å². The van der Waals surface area contributed by atoms with Crippen LogP contribution in [0.25, 0.3) is 6.08 Å². The van der Waals surface area contributed by atoms with Gasteiger partial charge in [-0.15, -0.1) is 0 Å². The van der Waals surface area contributed by atoms with E-state index in [1.165, 1.54) is 0 Å². The molecule has 0 radical (unpaired) electrons. The van der Waals surface area contributed by atoms with Crippen molar-refractivity contribution in [2.24, 2.45) is 0 Å². The van der Waals surface area contributed by atoms with Crippen LogP contribution in [0.15, 0.2) is 65.0 Å². The topological polar surface area (TPSA) is 61.1 Å². The Labute approximate surface area is 174 Å². The summed E-state index contributed by atoms with van der Waals surface area (Å²) in [6.07, 6.45) is 3.42. The van der Waals surface area contributed by atoms with Crippen LogP contribution in [-0.2, 0) is 13.1 Å². The van der Waals surface area contributed by atoms with Crippen LogP contribution in [-0.4, -0.2) is 24.0 Å². The third-order valence-corrected chi connectivity index (χ3v) is 5.13. The van der Waals surface area contributed by atoms with Crippen molar-refractivity contribution in [3.63, 3.8) is 0 Å². The van der Waals surface area contributed by atoms with E-state index >= 15 is 0 Å². The Balaban J connectivity index is 1.40. The van der Waals surface area contributed by atoms with Gasteiger partial charge in [0.15, 0.2) is 5.76 Å². The first-order valence-corrected chi connectivity index (χ1v) is 9.92. The zero-order valence-corrected chi connectivity index (χ0v) is 16.6. The first-order valence-electron chi connectivity index (χ1n) is 9.92. The standard InChI is InChI=1S/C24H21NO5/c1-2-27-17-7-5-16(6-8-17)12-22-23(26)19-9-10-21-20(24(19)30-22)14-25(15-29-21)13-18-4-3-11-28-18/h3-12H,2,13-15H2,1H3/b22-12-. The van der Waals surface area contributed by atoms with Gasteiger partial charge in [-0.2, -0.15) is 0 Å². The number of hydrogen-bond donors (Lipinski definition) is 0. The number of fused-ring (bicyclic) bond motifs is 3. The second kappa shape index (κ2) is 7.72. The van der Waals surface area contributed by atoms with Crippen molar-refractivity contribution < 1.29 is 23.4 Å². The van der Waals surface area contributed by atoms with Gasteiger partial charge in [0, 0.05) is 6.54 Å². The molecule has 0 saturated carbocycles. The van der Waals surface area contributed by atoms with Gasteiger partial charge in [0.1, 0.15) is 29.7 Å². The zero-order chi connectivity index (χ0) is 20.5. The predicted octanol–water partition coefficient (Wildman–Crippen LogP) is 4.65. The summed E-state index contributed by atoms with van der Waals surface area (Å²) >= 11 is 0. The van der Waals surface area contributed by atoms with Gasteiger partial charge < -0.3 is 18.6 Å². The van der Waals surface area contributed by atoms with Gasteiger partial charge in [0.2, 0.25) is 5.78 Å². The quantitative estimate of drug-likeness (QED) is 0.578. The van der Waals surface area contributed by atoms with Crippen LogP contribution in [0.3, 0.4) is 0 Å². The molecule has 0 aliphatic carbocycles. The molecule has 0 N–H and O–H groups in total. The average Bonchev–Trinajstić information content (AvgIpc) is 3.38. The molecule has 0 amide bonds. The number of furan rings is 1. The lowest BCUT2D eigenvalue weighted by Gasteiger charge is -2.29. The van der Waals surface area contributed by atoms with Crippen molar-refractivity contribution >= 4 is 11.9 Å². The summed E-state index contributed by atoms with van der Waals surface area (Å²) in [7, 11) is 0. The van der Waals surface area contributed by atoms with Crippen molar-refractivity contribution in [3.8, 4) is 17.2 Å². The maximum Gasteiger partial charge on any atom is 0.231 e. The van der Waals surface area contributed by atoms with Gasteiger partial charge in [-0.05, 0) is 55.0 Å². The summed E-state index contributed by atoms with van der Waals surface area (Å²) in [5.41, 5.74) is 2.32. The largest absolute Gasteiger partial charge is 0.494 e. The molecule has 2 aromatic carbocycles. The van der Waals surface area contributed by atoms with Crippen molar-refractivity contribution in [1.29, 1.82) is 0 Å². The number of carbonyl (C=O) groups is 1. The minimum atomic E-state index is -0.121. The highest BCUT2D eigenvalue weighted by Crippen LogP contribution is 2.42. The Bertz CT molecular complexity index is 1100. The highest BCUT2D eigenvalue weighted by molar-refractivity contribution is 6.15. The lowest BCUT2D eigenvalue weighted by Crippen LogP contribution is -2.31. The van der Waals surface area contributed by atoms with Crippen LogP contribution in [0.2, 0.25) is 0 Å². The second-order valence-corrected chi connectivity index (χ2v) is 7.20. The Morgan fingerprint density at radius 1 is 1.13 bits per heavy atom. The van der Waals surface area contributed by atoms with E-state index in [0.717, 1.165) is 28.4 Å². The first-order chi connectivity index (χ1) is 14.7. The summed E-state index contributed by atoms with van der Waals surface area (Å²) in [6, 6.07) is 15.0. The number of Topliss-reactive ketones (excluding diaryl/α,β-unsaturated/α-hetero) is 1. The zero-order valence-electron chi connectivity index (χ0n) is 16.6. The number of carbonyl (C=O) groups excluding carboxylic acids is 1. The van der Waals surface area contributed by atoms with Gasteiger partial charge in [-0.3, -0.25) is 9.69 Å². The smallest absolute Gasteiger partial charge is 0.231 e. The van der Waals surface area contributed by atoms with Crippen LogP contribution in [0, 0.1) is 0 Å². The molecule has 6 nitrogen and oxygen atoms in total. The normalized spacial score (nSPS) is 16.7.